The lowest BCUT2D eigenvalue weighted by atomic mass is 10.1. The average Bonchev–Trinajstić information content (AvgIpc) is 3.01. The van der Waals surface area contributed by atoms with Crippen molar-refractivity contribution in [3.8, 4) is 0 Å². The monoisotopic (exact) mass is 414 g/mol. The first-order chi connectivity index (χ1) is 12.2. The molecule has 2 aromatic carbocycles. The number of aromatic nitrogens is 2. The van der Waals surface area contributed by atoms with E-state index in [2.05, 4.69) is 68.1 Å². The number of benzene rings is 2. The number of thiocarbonyl (C=S) groups is 1. The molecule has 0 aliphatic rings. The first-order valence-corrected chi connectivity index (χ1v) is 9.25. The van der Waals surface area contributed by atoms with E-state index in [1.807, 2.05) is 29.1 Å². The summed E-state index contributed by atoms with van der Waals surface area (Å²) in [5, 5.41) is 11.4. The molecule has 3 rings (SSSR count). The topological polar surface area (TPSA) is 41.9 Å². The summed E-state index contributed by atoms with van der Waals surface area (Å²) < 4.78 is 2.87. The third kappa shape index (κ3) is 5.69. The van der Waals surface area contributed by atoms with E-state index in [1.54, 1.807) is 6.20 Å². The van der Waals surface area contributed by atoms with Crippen LogP contribution in [0.3, 0.4) is 0 Å². The van der Waals surface area contributed by atoms with Gasteiger partial charge in [-0.1, -0.05) is 42.5 Å². The lowest BCUT2D eigenvalue weighted by Crippen LogP contribution is -2.30. The van der Waals surface area contributed by atoms with Crippen molar-refractivity contribution >= 4 is 38.9 Å². The largest absolute Gasteiger partial charge is 0.362 e. The minimum atomic E-state index is 0.634. The van der Waals surface area contributed by atoms with Gasteiger partial charge in [0.2, 0.25) is 0 Å². The van der Waals surface area contributed by atoms with E-state index in [4.69, 9.17) is 12.2 Å². The fourth-order valence-corrected chi connectivity index (χ4v) is 3.05. The van der Waals surface area contributed by atoms with Gasteiger partial charge in [-0.25, -0.2) is 0 Å². The first kappa shape index (κ1) is 17.6. The predicted octanol–water partition coefficient (Wildman–Crippen LogP) is 4.22. The molecule has 1 aromatic heterocycles. The highest BCUT2D eigenvalue weighted by molar-refractivity contribution is 9.10. The summed E-state index contributed by atoms with van der Waals surface area (Å²) in [6, 6.07) is 18.6. The van der Waals surface area contributed by atoms with Gasteiger partial charge in [0.15, 0.2) is 5.11 Å². The lowest BCUT2D eigenvalue weighted by Gasteiger charge is -2.12. The Kier molecular flexibility index (Phi) is 6.19. The van der Waals surface area contributed by atoms with Crippen LogP contribution in [0.2, 0.25) is 0 Å². The van der Waals surface area contributed by atoms with Crippen LogP contribution in [-0.4, -0.2) is 21.4 Å². The van der Waals surface area contributed by atoms with Crippen LogP contribution in [0.1, 0.15) is 11.1 Å². The molecule has 4 nitrogen and oxygen atoms in total. The van der Waals surface area contributed by atoms with Crippen LogP contribution < -0.4 is 10.6 Å². The molecule has 0 amide bonds. The molecule has 0 fully saturated rings. The van der Waals surface area contributed by atoms with Gasteiger partial charge >= 0.3 is 0 Å². The SMILES string of the molecule is S=C(NCCc1ccccc1)Nc1cccc(Cn2cc(Br)cn2)c1. The van der Waals surface area contributed by atoms with Gasteiger partial charge in [-0.2, -0.15) is 5.10 Å². The molecule has 0 aliphatic heterocycles. The number of hydrogen-bond acceptors (Lipinski definition) is 2. The Labute approximate surface area is 161 Å². The standard InChI is InChI=1S/C19H19BrN4S/c20-17-12-22-24(14-17)13-16-7-4-8-18(11-16)23-19(25)21-10-9-15-5-2-1-3-6-15/h1-8,11-12,14H,9-10,13H2,(H2,21,23,25). The Morgan fingerprint density at radius 3 is 2.64 bits per heavy atom. The molecular formula is C19H19BrN4S. The number of halogens is 1. The van der Waals surface area contributed by atoms with Gasteiger partial charge in [-0.3, -0.25) is 4.68 Å². The molecule has 0 saturated heterocycles. The maximum atomic E-state index is 5.38. The fraction of sp³-hybridized carbons (Fsp3) is 0.158. The normalized spacial score (nSPS) is 10.4. The summed E-state index contributed by atoms with van der Waals surface area (Å²) in [7, 11) is 0. The summed E-state index contributed by atoms with van der Waals surface area (Å²) in [4.78, 5) is 0. The van der Waals surface area contributed by atoms with E-state index in [0.717, 1.165) is 35.2 Å². The Balaban J connectivity index is 1.50. The van der Waals surface area contributed by atoms with E-state index < -0.39 is 0 Å². The summed E-state index contributed by atoms with van der Waals surface area (Å²) in [5.41, 5.74) is 3.43. The second kappa shape index (κ2) is 8.78. The smallest absolute Gasteiger partial charge is 0.170 e. The summed E-state index contributed by atoms with van der Waals surface area (Å²) in [6.45, 7) is 1.52. The van der Waals surface area contributed by atoms with Crippen molar-refractivity contribution in [2.75, 3.05) is 11.9 Å². The van der Waals surface area contributed by atoms with Crippen LogP contribution in [0.4, 0.5) is 5.69 Å². The van der Waals surface area contributed by atoms with Crippen LogP contribution in [0, 0.1) is 0 Å². The van der Waals surface area contributed by atoms with E-state index >= 15 is 0 Å². The highest BCUT2D eigenvalue weighted by atomic mass is 79.9. The zero-order valence-corrected chi connectivity index (χ0v) is 16.1. The van der Waals surface area contributed by atoms with Crippen molar-refractivity contribution in [3.63, 3.8) is 0 Å². The summed E-state index contributed by atoms with van der Waals surface area (Å²) in [6.07, 6.45) is 4.68. The minimum absolute atomic E-state index is 0.634. The molecule has 0 atom stereocenters. The first-order valence-electron chi connectivity index (χ1n) is 8.05. The Morgan fingerprint density at radius 2 is 1.88 bits per heavy atom. The number of nitrogens with zero attached hydrogens (tertiary/aromatic N) is 2. The van der Waals surface area contributed by atoms with Gasteiger partial charge in [0.25, 0.3) is 0 Å². The second-order valence-electron chi connectivity index (χ2n) is 5.67. The molecule has 2 N–H and O–H groups in total. The molecule has 3 aromatic rings. The molecule has 0 aliphatic carbocycles. The molecular weight excluding hydrogens is 396 g/mol. The van der Waals surface area contributed by atoms with Gasteiger partial charge in [-0.15, -0.1) is 0 Å². The van der Waals surface area contributed by atoms with Crippen molar-refractivity contribution < 1.29 is 0 Å². The summed E-state index contributed by atoms with van der Waals surface area (Å²) in [5.74, 6) is 0. The predicted molar refractivity (Wildman–Crippen MR) is 110 cm³/mol. The van der Waals surface area contributed by atoms with Crippen LogP contribution in [0.25, 0.3) is 0 Å². The van der Waals surface area contributed by atoms with Crippen molar-refractivity contribution in [2.45, 2.75) is 13.0 Å². The zero-order valence-electron chi connectivity index (χ0n) is 13.7. The van der Waals surface area contributed by atoms with Gasteiger partial charge in [0.1, 0.15) is 0 Å². The third-order valence-corrected chi connectivity index (χ3v) is 4.33. The Morgan fingerprint density at radius 1 is 1.08 bits per heavy atom. The maximum Gasteiger partial charge on any atom is 0.170 e. The van der Waals surface area contributed by atoms with Crippen LogP contribution >= 0.6 is 28.1 Å². The molecule has 0 saturated carbocycles. The van der Waals surface area contributed by atoms with Gasteiger partial charge in [-0.05, 0) is 57.8 Å². The molecule has 1 heterocycles. The highest BCUT2D eigenvalue weighted by Gasteiger charge is 2.02. The van der Waals surface area contributed by atoms with E-state index in [1.165, 1.54) is 5.56 Å². The number of hydrogen-bond donors (Lipinski definition) is 2. The van der Waals surface area contributed by atoms with E-state index in [-0.39, 0.29) is 0 Å². The maximum absolute atomic E-state index is 5.38. The number of rotatable bonds is 6. The van der Waals surface area contributed by atoms with E-state index in [9.17, 15) is 0 Å². The molecule has 0 radical (unpaired) electrons. The fourth-order valence-electron chi connectivity index (χ4n) is 2.50. The second-order valence-corrected chi connectivity index (χ2v) is 7.00. The van der Waals surface area contributed by atoms with Crippen molar-refractivity contribution in [1.29, 1.82) is 0 Å². The quantitative estimate of drug-likeness (QED) is 0.592. The molecule has 0 bridgehead atoms. The van der Waals surface area contributed by atoms with Crippen molar-refractivity contribution in [3.05, 3.63) is 82.6 Å². The minimum Gasteiger partial charge on any atom is -0.362 e. The average molecular weight is 415 g/mol. The van der Waals surface area contributed by atoms with Crippen molar-refractivity contribution in [1.82, 2.24) is 15.1 Å². The van der Waals surface area contributed by atoms with Gasteiger partial charge in [0, 0.05) is 18.4 Å². The van der Waals surface area contributed by atoms with Crippen molar-refractivity contribution in [2.24, 2.45) is 0 Å². The van der Waals surface area contributed by atoms with E-state index in [0.29, 0.717) is 5.11 Å². The zero-order chi connectivity index (χ0) is 17.5. The van der Waals surface area contributed by atoms with Crippen LogP contribution in [0.15, 0.2) is 71.5 Å². The Hall–Kier alpha value is -2.18. The summed E-state index contributed by atoms with van der Waals surface area (Å²) >= 11 is 8.79. The molecule has 0 spiro atoms. The highest BCUT2D eigenvalue weighted by Crippen LogP contribution is 2.13. The molecule has 6 heteroatoms. The van der Waals surface area contributed by atoms with Crippen LogP contribution in [0.5, 0.6) is 0 Å². The Bertz CT molecular complexity index is 832. The van der Waals surface area contributed by atoms with Gasteiger partial charge in [0.05, 0.1) is 17.2 Å². The lowest BCUT2D eigenvalue weighted by molar-refractivity contribution is 0.687. The number of nitrogens with one attached hydrogen (secondary N) is 2. The van der Waals surface area contributed by atoms with Crippen LogP contribution in [-0.2, 0) is 13.0 Å². The molecule has 128 valence electrons. The molecule has 25 heavy (non-hydrogen) atoms. The molecule has 0 unspecified atom stereocenters. The van der Waals surface area contributed by atoms with Gasteiger partial charge < -0.3 is 10.6 Å². The number of anilines is 1. The third-order valence-electron chi connectivity index (χ3n) is 3.67.